The van der Waals surface area contributed by atoms with Gasteiger partial charge in [0.25, 0.3) is 0 Å². The van der Waals surface area contributed by atoms with Gasteiger partial charge in [-0.1, -0.05) is 143 Å². The number of rotatable bonds is 29. The van der Waals surface area contributed by atoms with Crippen LogP contribution in [0.2, 0.25) is 0 Å². The lowest BCUT2D eigenvalue weighted by Gasteiger charge is -2.28. The van der Waals surface area contributed by atoms with E-state index in [0.717, 1.165) is 19.3 Å². The number of hydrogen-bond donors (Lipinski definition) is 2. The summed E-state index contributed by atoms with van der Waals surface area (Å²) in [6.07, 6.45) is 24.3. The normalized spacial score (nSPS) is 21.0. The molecule has 1 aliphatic rings. The third-order valence-corrected chi connectivity index (χ3v) is 11.1. The Morgan fingerprint density at radius 1 is 0.833 bits per heavy atom. The second kappa shape index (κ2) is 24.8. The predicted octanol–water partition coefficient (Wildman–Crippen LogP) is 9.33. The molecule has 0 spiro atoms. The van der Waals surface area contributed by atoms with Gasteiger partial charge in [-0.2, -0.15) is 4.98 Å². The van der Waals surface area contributed by atoms with Gasteiger partial charge in [-0.3, -0.25) is 13.7 Å². The van der Waals surface area contributed by atoms with Crippen molar-refractivity contribution < 1.29 is 28.2 Å². The first kappa shape index (κ1) is 42.9. The van der Waals surface area contributed by atoms with Gasteiger partial charge < -0.3 is 24.8 Å². The summed E-state index contributed by atoms with van der Waals surface area (Å²) >= 11 is 0. The van der Waals surface area contributed by atoms with E-state index in [1.807, 2.05) is 13.8 Å². The van der Waals surface area contributed by atoms with Crippen molar-refractivity contribution in [3.8, 4) is 0 Å². The Hall–Kier alpha value is -1.29. The monoisotopic (exact) mass is 699 g/mol. The Morgan fingerprint density at radius 3 is 1.75 bits per heavy atom. The van der Waals surface area contributed by atoms with Crippen molar-refractivity contribution in [1.82, 2.24) is 9.55 Å². The Bertz CT molecular complexity index is 1070. The van der Waals surface area contributed by atoms with Crippen LogP contribution in [0.1, 0.15) is 169 Å². The number of ether oxygens (including phenoxy) is 3. The fourth-order valence-corrected chi connectivity index (χ4v) is 7.00. The van der Waals surface area contributed by atoms with Crippen molar-refractivity contribution >= 4 is 13.4 Å². The quantitative estimate of drug-likeness (QED) is 0.0619. The van der Waals surface area contributed by atoms with Crippen LogP contribution < -0.4 is 11.4 Å². The van der Waals surface area contributed by atoms with Gasteiger partial charge in [0.2, 0.25) is 0 Å². The molecular formula is C37H70N3O7P. The zero-order valence-electron chi connectivity index (χ0n) is 31.0. The molecule has 48 heavy (non-hydrogen) atoms. The van der Waals surface area contributed by atoms with Gasteiger partial charge in [0.05, 0.1) is 18.4 Å². The summed E-state index contributed by atoms with van der Waals surface area (Å²) in [7, 11) is -3.99. The van der Waals surface area contributed by atoms with Crippen LogP contribution >= 0.6 is 7.60 Å². The summed E-state index contributed by atoms with van der Waals surface area (Å²) in [5.41, 5.74) is 4.51. The topological polar surface area (TPSA) is 135 Å². The molecule has 0 aliphatic carbocycles. The average molecular weight is 700 g/mol. The fourth-order valence-electron chi connectivity index (χ4n) is 6.15. The van der Waals surface area contributed by atoms with Gasteiger partial charge in [-0.25, -0.2) is 4.79 Å². The summed E-state index contributed by atoms with van der Waals surface area (Å²) in [5, 5.41) is 0. The molecule has 0 amide bonds. The van der Waals surface area contributed by atoms with E-state index < -0.39 is 43.5 Å². The van der Waals surface area contributed by atoms with Gasteiger partial charge in [-0.05, 0) is 26.3 Å². The average Bonchev–Trinajstić information content (AvgIpc) is 3.36. The van der Waals surface area contributed by atoms with E-state index in [-0.39, 0.29) is 18.5 Å². The zero-order chi connectivity index (χ0) is 35.2. The maximum Gasteiger partial charge on any atom is 0.351 e. The second-order valence-electron chi connectivity index (χ2n) is 14.3. The Kier molecular flexibility index (Phi) is 22.1. The number of hydrogen-bond acceptors (Lipinski definition) is 8. The van der Waals surface area contributed by atoms with Gasteiger partial charge in [0, 0.05) is 12.8 Å². The van der Waals surface area contributed by atoms with Crippen LogP contribution in [0.25, 0.3) is 0 Å². The minimum Gasteiger partial charge on any atom is -0.383 e. The molecule has 0 aromatic carbocycles. The van der Waals surface area contributed by atoms with E-state index in [2.05, 4.69) is 11.9 Å². The standard InChI is InChI=1S/C37H70N3O7P/c1-6-7-8-9-10-11-12-13-14-15-16-17-18-19-20-21-22-23-24-25-28-44-35-34(47-48(42,43)31(4)5)32(29-45-30(2)3)46-36(35)40-27-26-33(38)39-37(40)41/h26-27,30-32,34-36H,6-25,28-29H2,1-5H3,(H,42,43)(H2,38,39,41)/t32-,34?,35?,36-/m1/s1. The zero-order valence-corrected chi connectivity index (χ0v) is 31.9. The molecule has 10 nitrogen and oxygen atoms in total. The third kappa shape index (κ3) is 17.1. The molecule has 0 bridgehead atoms. The molecule has 2 rings (SSSR count). The molecule has 2 heterocycles. The lowest BCUT2D eigenvalue weighted by molar-refractivity contribution is -0.0847. The summed E-state index contributed by atoms with van der Waals surface area (Å²) in [6.45, 7) is 9.88. The van der Waals surface area contributed by atoms with Crippen LogP contribution in [-0.4, -0.2) is 57.7 Å². The molecular weight excluding hydrogens is 629 g/mol. The Labute approximate surface area is 291 Å². The van der Waals surface area contributed by atoms with Crippen molar-refractivity contribution in [3.05, 3.63) is 22.7 Å². The van der Waals surface area contributed by atoms with Crippen molar-refractivity contribution in [2.75, 3.05) is 18.9 Å². The van der Waals surface area contributed by atoms with Crippen LogP contribution in [0.5, 0.6) is 0 Å². The van der Waals surface area contributed by atoms with Crippen molar-refractivity contribution in [2.24, 2.45) is 0 Å². The maximum atomic E-state index is 13.0. The predicted molar refractivity (Wildman–Crippen MR) is 195 cm³/mol. The van der Waals surface area contributed by atoms with Gasteiger partial charge >= 0.3 is 13.3 Å². The highest BCUT2D eigenvalue weighted by molar-refractivity contribution is 7.53. The van der Waals surface area contributed by atoms with Crippen molar-refractivity contribution in [1.29, 1.82) is 0 Å². The van der Waals surface area contributed by atoms with Crippen LogP contribution in [0.4, 0.5) is 5.82 Å². The van der Waals surface area contributed by atoms with E-state index in [4.69, 9.17) is 24.5 Å². The van der Waals surface area contributed by atoms with E-state index in [1.165, 1.54) is 126 Å². The Balaban J connectivity index is 1.70. The van der Waals surface area contributed by atoms with Crippen molar-refractivity contribution in [3.63, 3.8) is 0 Å². The van der Waals surface area contributed by atoms with Gasteiger partial charge in [-0.15, -0.1) is 0 Å². The van der Waals surface area contributed by atoms with E-state index in [0.29, 0.717) is 6.61 Å². The fraction of sp³-hybridized carbons (Fsp3) is 0.892. The van der Waals surface area contributed by atoms with E-state index in [1.54, 1.807) is 13.8 Å². The molecule has 1 fully saturated rings. The largest absolute Gasteiger partial charge is 0.383 e. The molecule has 0 radical (unpaired) electrons. The first-order chi connectivity index (χ1) is 23.1. The molecule has 5 atom stereocenters. The van der Waals surface area contributed by atoms with Crippen LogP contribution in [0, 0.1) is 0 Å². The molecule has 280 valence electrons. The molecule has 11 heteroatoms. The molecule has 1 saturated heterocycles. The van der Waals surface area contributed by atoms with Crippen LogP contribution in [-0.2, 0) is 23.3 Å². The highest BCUT2D eigenvalue weighted by Crippen LogP contribution is 2.51. The third-order valence-electron chi connectivity index (χ3n) is 9.24. The number of nitrogens with zero attached hydrogens (tertiary/aromatic N) is 2. The number of aromatic nitrogens is 2. The van der Waals surface area contributed by atoms with E-state index >= 15 is 0 Å². The van der Waals surface area contributed by atoms with Crippen LogP contribution in [0.3, 0.4) is 0 Å². The number of unbranched alkanes of at least 4 members (excludes halogenated alkanes) is 19. The number of nitrogen functional groups attached to an aromatic ring is 1. The number of anilines is 1. The minimum absolute atomic E-state index is 0.0889. The Morgan fingerprint density at radius 2 is 1.31 bits per heavy atom. The lowest BCUT2D eigenvalue weighted by atomic mass is 10.0. The number of nitrogens with two attached hydrogens (primary N) is 1. The van der Waals surface area contributed by atoms with Gasteiger partial charge in [0.1, 0.15) is 24.1 Å². The molecule has 0 saturated carbocycles. The van der Waals surface area contributed by atoms with E-state index in [9.17, 15) is 14.3 Å². The first-order valence-corrected chi connectivity index (χ1v) is 21.0. The summed E-state index contributed by atoms with van der Waals surface area (Å²) in [5.74, 6) is 0.100. The smallest absolute Gasteiger partial charge is 0.351 e. The molecule has 3 N–H and O–H groups in total. The summed E-state index contributed by atoms with van der Waals surface area (Å²) in [4.78, 5) is 27.3. The molecule has 1 aromatic heterocycles. The first-order valence-electron chi connectivity index (χ1n) is 19.3. The minimum atomic E-state index is -3.99. The highest BCUT2D eigenvalue weighted by atomic mass is 31.2. The SMILES string of the molecule is CCCCCCCCCCCCCCCCCCCCCCOC1C(OP(=O)(O)C(C)C)[C@@H](COC(C)C)O[C@H]1n1ccc(N)nc1=O. The second-order valence-corrected chi connectivity index (χ2v) is 16.6. The highest BCUT2D eigenvalue weighted by Gasteiger charge is 2.50. The van der Waals surface area contributed by atoms with Crippen molar-refractivity contribution in [2.45, 2.75) is 199 Å². The summed E-state index contributed by atoms with van der Waals surface area (Å²) < 4.78 is 38.5. The summed E-state index contributed by atoms with van der Waals surface area (Å²) in [6, 6.07) is 1.51. The maximum absolute atomic E-state index is 13.0. The molecule has 1 aromatic rings. The van der Waals surface area contributed by atoms with Crippen LogP contribution in [0.15, 0.2) is 17.1 Å². The molecule has 1 aliphatic heterocycles. The molecule has 3 unspecified atom stereocenters. The van der Waals surface area contributed by atoms with Gasteiger partial charge in [0.15, 0.2) is 6.23 Å². The lowest BCUT2D eigenvalue weighted by Crippen LogP contribution is -2.40.